The Labute approximate surface area is 474 Å². The Bertz CT molecular complexity index is 1270. The Morgan fingerprint density at radius 1 is 0.368 bits per heavy atom. The molecule has 0 bridgehead atoms. The molecule has 2 atom stereocenters. The Hall–Kier alpha value is -2.18. The van der Waals surface area contributed by atoms with Crippen molar-refractivity contribution in [1.82, 2.24) is 5.32 Å². The van der Waals surface area contributed by atoms with Crippen LogP contribution < -0.4 is 5.32 Å². The summed E-state index contributed by atoms with van der Waals surface area (Å²) in [6.07, 6.45) is 84.6. The molecule has 0 radical (unpaired) electrons. The van der Waals surface area contributed by atoms with Crippen molar-refractivity contribution in [2.45, 2.75) is 373 Å². The molecule has 0 aliphatic carbocycles. The first kappa shape index (κ1) is 73.8. The summed E-state index contributed by atoms with van der Waals surface area (Å²) in [4.78, 5) is 24.6. The van der Waals surface area contributed by atoms with Crippen LogP contribution in [0, 0.1) is 0 Å². The van der Waals surface area contributed by atoms with Crippen molar-refractivity contribution in [1.29, 1.82) is 0 Å². The maximum atomic E-state index is 12.5. The van der Waals surface area contributed by atoms with Crippen molar-refractivity contribution in [2.24, 2.45) is 0 Å². The first-order valence-corrected chi connectivity index (χ1v) is 33.9. The smallest absolute Gasteiger partial charge is 0.305 e. The maximum absolute atomic E-state index is 12.5. The fraction of sp³-hybridized carbons (Fsp3) is 0.857. The van der Waals surface area contributed by atoms with Gasteiger partial charge in [0, 0.05) is 12.8 Å². The normalized spacial score (nSPS) is 12.8. The molecule has 0 saturated heterocycles. The third kappa shape index (κ3) is 61.0. The molecule has 0 fully saturated rings. The summed E-state index contributed by atoms with van der Waals surface area (Å²) >= 11 is 0. The molecule has 0 aliphatic rings. The predicted octanol–water partition coefficient (Wildman–Crippen LogP) is 21.7. The average molecular weight is 1070 g/mol. The standard InChI is InChI=1S/C70H131NO5/c1-3-5-7-9-11-13-15-17-18-19-33-36-40-44-48-52-56-60-64-70(75)76-65-61-57-53-49-45-41-37-34-31-29-27-25-23-21-20-22-24-26-28-30-32-35-39-43-47-51-55-59-63-69(74)71-67(66-72)68(73)62-58-54-50-46-42-38-16-14-12-10-8-6-4-2/h13,15,18-21,58,62,67-68,72-73H,3-12,14,16-17,22-57,59-61,63-66H2,1-2H3,(H,71,74)/b15-13-,19-18-,21-20-,62-58+. The lowest BCUT2D eigenvalue weighted by Crippen LogP contribution is -2.45. The van der Waals surface area contributed by atoms with Crippen molar-refractivity contribution in [2.75, 3.05) is 13.2 Å². The molecular weight excluding hydrogens is 935 g/mol. The molecule has 0 aromatic carbocycles. The van der Waals surface area contributed by atoms with E-state index < -0.39 is 12.1 Å². The van der Waals surface area contributed by atoms with Gasteiger partial charge in [0.15, 0.2) is 0 Å². The summed E-state index contributed by atoms with van der Waals surface area (Å²) in [6, 6.07) is -0.628. The highest BCUT2D eigenvalue weighted by atomic mass is 16.5. The number of esters is 1. The molecule has 0 rings (SSSR count). The fourth-order valence-corrected chi connectivity index (χ4v) is 10.4. The van der Waals surface area contributed by atoms with Crippen LogP contribution in [0.2, 0.25) is 0 Å². The number of hydrogen-bond acceptors (Lipinski definition) is 5. The van der Waals surface area contributed by atoms with Crippen LogP contribution in [0.4, 0.5) is 0 Å². The SMILES string of the molecule is CCCCCC/C=C\C/C=C\CCCCCCCCCC(=O)OCCCCCCCCCCCCCC/C=C\CCCCCCCCCCCCCCC(=O)NC(CO)C(O)/C=C/CCCCCCCCCCCCC. The molecule has 0 saturated carbocycles. The van der Waals surface area contributed by atoms with E-state index in [1.807, 2.05) is 6.08 Å². The summed E-state index contributed by atoms with van der Waals surface area (Å²) in [5.41, 5.74) is 0. The number of unbranched alkanes of at least 4 members (excludes halogenated alkanes) is 46. The van der Waals surface area contributed by atoms with Crippen LogP contribution in [0.15, 0.2) is 48.6 Å². The molecule has 446 valence electrons. The van der Waals surface area contributed by atoms with Gasteiger partial charge in [-0.2, -0.15) is 0 Å². The summed E-state index contributed by atoms with van der Waals surface area (Å²) in [5, 5.41) is 23.1. The first-order valence-electron chi connectivity index (χ1n) is 33.9. The van der Waals surface area contributed by atoms with Gasteiger partial charge in [-0.05, 0) is 89.9 Å². The van der Waals surface area contributed by atoms with Gasteiger partial charge in [-0.15, -0.1) is 0 Å². The molecule has 6 nitrogen and oxygen atoms in total. The Morgan fingerprint density at radius 2 is 0.658 bits per heavy atom. The van der Waals surface area contributed by atoms with Crippen LogP contribution in [0.5, 0.6) is 0 Å². The molecule has 6 heteroatoms. The molecule has 2 unspecified atom stereocenters. The van der Waals surface area contributed by atoms with Crippen LogP contribution in [0.25, 0.3) is 0 Å². The van der Waals surface area contributed by atoms with Gasteiger partial charge in [0.05, 0.1) is 25.4 Å². The lowest BCUT2D eigenvalue weighted by Gasteiger charge is -2.20. The molecule has 76 heavy (non-hydrogen) atoms. The van der Waals surface area contributed by atoms with E-state index in [1.165, 1.54) is 283 Å². The number of carbonyl (C=O) groups is 2. The summed E-state index contributed by atoms with van der Waals surface area (Å²) in [6.45, 7) is 4.90. The minimum Gasteiger partial charge on any atom is -0.466 e. The third-order valence-corrected chi connectivity index (χ3v) is 15.6. The molecule has 0 aromatic rings. The highest BCUT2D eigenvalue weighted by molar-refractivity contribution is 5.76. The van der Waals surface area contributed by atoms with Gasteiger partial charge >= 0.3 is 5.97 Å². The van der Waals surface area contributed by atoms with Crippen LogP contribution in [0.1, 0.15) is 361 Å². The quantitative estimate of drug-likeness (QED) is 0.0320. The van der Waals surface area contributed by atoms with Crippen molar-refractivity contribution < 1.29 is 24.5 Å². The molecule has 0 aliphatic heterocycles. The number of hydrogen-bond donors (Lipinski definition) is 3. The van der Waals surface area contributed by atoms with Crippen molar-refractivity contribution in [3.05, 3.63) is 48.6 Å². The molecule has 0 heterocycles. The van der Waals surface area contributed by atoms with Gasteiger partial charge in [0.25, 0.3) is 0 Å². The average Bonchev–Trinajstić information content (AvgIpc) is 3.42. The van der Waals surface area contributed by atoms with Crippen molar-refractivity contribution >= 4 is 11.9 Å². The molecular formula is C70H131NO5. The van der Waals surface area contributed by atoms with E-state index in [1.54, 1.807) is 6.08 Å². The Morgan fingerprint density at radius 3 is 1.03 bits per heavy atom. The van der Waals surface area contributed by atoms with Gasteiger partial charge in [0.2, 0.25) is 5.91 Å². The minimum absolute atomic E-state index is 0.00807. The van der Waals surface area contributed by atoms with Crippen LogP contribution in [-0.4, -0.2) is 47.4 Å². The molecule has 1 amide bonds. The zero-order valence-corrected chi connectivity index (χ0v) is 51.0. The number of ether oxygens (including phenoxy) is 1. The zero-order valence-electron chi connectivity index (χ0n) is 51.0. The third-order valence-electron chi connectivity index (χ3n) is 15.6. The van der Waals surface area contributed by atoms with E-state index in [9.17, 15) is 19.8 Å². The highest BCUT2D eigenvalue weighted by Crippen LogP contribution is 2.17. The molecule has 0 aromatic heterocycles. The van der Waals surface area contributed by atoms with Gasteiger partial charge in [-0.1, -0.05) is 306 Å². The largest absolute Gasteiger partial charge is 0.466 e. The Balaban J connectivity index is 3.38. The van der Waals surface area contributed by atoms with Gasteiger partial charge in [-0.25, -0.2) is 0 Å². The van der Waals surface area contributed by atoms with E-state index in [0.717, 1.165) is 51.4 Å². The predicted molar refractivity (Wildman–Crippen MR) is 333 cm³/mol. The van der Waals surface area contributed by atoms with Gasteiger partial charge in [0.1, 0.15) is 0 Å². The Kier molecular flexibility index (Phi) is 63.5. The number of amides is 1. The number of nitrogens with one attached hydrogen (secondary N) is 1. The lowest BCUT2D eigenvalue weighted by molar-refractivity contribution is -0.143. The number of allylic oxidation sites excluding steroid dienone is 7. The van der Waals surface area contributed by atoms with E-state index in [4.69, 9.17) is 4.74 Å². The second kappa shape index (κ2) is 65.3. The second-order valence-electron chi connectivity index (χ2n) is 23.1. The highest BCUT2D eigenvalue weighted by Gasteiger charge is 2.18. The van der Waals surface area contributed by atoms with Crippen molar-refractivity contribution in [3.63, 3.8) is 0 Å². The van der Waals surface area contributed by atoms with Crippen LogP contribution in [-0.2, 0) is 14.3 Å². The topological polar surface area (TPSA) is 95.9 Å². The molecule has 0 spiro atoms. The van der Waals surface area contributed by atoms with Gasteiger partial charge < -0.3 is 20.3 Å². The van der Waals surface area contributed by atoms with Gasteiger partial charge in [-0.3, -0.25) is 9.59 Å². The second-order valence-corrected chi connectivity index (χ2v) is 23.1. The van der Waals surface area contributed by atoms with Crippen molar-refractivity contribution in [3.8, 4) is 0 Å². The van der Waals surface area contributed by atoms with Crippen LogP contribution >= 0.6 is 0 Å². The lowest BCUT2D eigenvalue weighted by atomic mass is 10.0. The van der Waals surface area contributed by atoms with E-state index in [2.05, 4.69) is 55.6 Å². The number of carbonyl (C=O) groups excluding carboxylic acids is 2. The summed E-state index contributed by atoms with van der Waals surface area (Å²) in [7, 11) is 0. The number of aliphatic hydroxyl groups excluding tert-OH is 2. The number of rotatable bonds is 63. The number of aliphatic hydroxyl groups is 2. The molecule has 3 N–H and O–H groups in total. The zero-order chi connectivity index (χ0) is 55.0. The fourth-order valence-electron chi connectivity index (χ4n) is 10.4. The summed E-state index contributed by atoms with van der Waals surface area (Å²) in [5.74, 6) is -0.0594. The first-order chi connectivity index (χ1) is 37.5. The van der Waals surface area contributed by atoms with E-state index in [0.29, 0.717) is 19.4 Å². The van der Waals surface area contributed by atoms with E-state index in [-0.39, 0.29) is 18.5 Å². The minimum atomic E-state index is -0.844. The summed E-state index contributed by atoms with van der Waals surface area (Å²) < 4.78 is 5.50. The monoisotopic (exact) mass is 1070 g/mol. The van der Waals surface area contributed by atoms with E-state index >= 15 is 0 Å². The maximum Gasteiger partial charge on any atom is 0.305 e. The van der Waals surface area contributed by atoms with Crippen LogP contribution in [0.3, 0.4) is 0 Å².